The first-order valence-electron chi connectivity index (χ1n) is 8.35. The van der Waals surface area contributed by atoms with Gasteiger partial charge in [0, 0.05) is 22.5 Å². The van der Waals surface area contributed by atoms with Crippen LogP contribution >= 0.6 is 15.9 Å². The number of nitrogens with zero attached hydrogens (tertiary/aromatic N) is 2. The molecule has 2 aromatic rings. The highest BCUT2D eigenvalue weighted by Gasteiger charge is 2.49. The molecule has 0 bridgehead atoms. The summed E-state index contributed by atoms with van der Waals surface area (Å²) in [6, 6.07) is 15.6. The molecule has 2 nitrogen and oxygen atoms in total. The molecule has 1 aromatic heterocycles. The van der Waals surface area contributed by atoms with Crippen LogP contribution in [0, 0.1) is 5.92 Å². The van der Waals surface area contributed by atoms with E-state index in [4.69, 9.17) is 0 Å². The summed E-state index contributed by atoms with van der Waals surface area (Å²) in [5, 5.41) is 0. The van der Waals surface area contributed by atoms with E-state index in [0.29, 0.717) is 23.9 Å². The number of benzene rings is 1. The van der Waals surface area contributed by atoms with E-state index in [0.717, 1.165) is 5.82 Å². The molecule has 118 valence electrons. The van der Waals surface area contributed by atoms with E-state index in [2.05, 4.69) is 92.6 Å². The topological polar surface area (TPSA) is 16.1 Å². The molecule has 2 aliphatic carbocycles. The molecule has 0 spiro atoms. The Morgan fingerprint density at radius 1 is 0.917 bits per heavy atom. The van der Waals surface area contributed by atoms with Gasteiger partial charge in [-0.1, -0.05) is 76.6 Å². The molecule has 1 saturated heterocycles. The molecular weight excluding hydrogens is 360 g/mol. The highest BCUT2D eigenvalue weighted by Crippen LogP contribution is 2.50. The summed E-state index contributed by atoms with van der Waals surface area (Å²) in [6.45, 7) is 0. The zero-order valence-electron chi connectivity index (χ0n) is 13.1. The maximum absolute atomic E-state index is 4.64. The lowest BCUT2D eigenvalue weighted by Gasteiger charge is -2.32. The summed E-state index contributed by atoms with van der Waals surface area (Å²) in [5.41, 5.74) is 2.80. The van der Waals surface area contributed by atoms with Gasteiger partial charge in [0.15, 0.2) is 0 Å². The van der Waals surface area contributed by atoms with Gasteiger partial charge in [0.1, 0.15) is 5.82 Å². The molecule has 4 unspecified atom stereocenters. The highest BCUT2D eigenvalue weighted by atomic mass is 79.9. The van der Waals surface area contributed by atoms with Crippen molar-refractivity contribution in [2.75, 3.05) is 4.90 Å². The summed E-state index contributed by atoms with van der Waals surface area (Å²) in [4.78, 5) is 7.12. The molecule has 0 saturated carbocycles. The van der Waals surface area contributed by atoms with Crippen LogP contribution < -0.4 is 4.90 Å². The van der Waals surface area contributed by atoms with Crippen LogP contribution in [0.5, 0.6) is 0 Å². The van der Waals surface area contributed by atoms with Crippen molar-refractivity contribution in [3.8, 4) is 0 Å². The van der Waals surface area contributed by atoms with Crippen molar-refractivity contribution < 1.29 is 0 Å². The molecule has 3 aliphatic rings. The Hall–Kier alpha value is -2.13. The highest BCUT2D eigenvalue weighted by molar-refractivity contribution is 9.11. The van der Waals surface area contributed by atoms with Crippen LogP contribution in [0.4, 0.5) is 5.82 Å². The van der Waals surface area contributed by atoms with Crippen molar-refractivity contribution in [1.29, 1.82) is 0 Å². The molecule has 5 rings (SSSR count). The second kappa shape index (κ2) is 5.45. The van der Waals surface area contributed by atoms with Crippen LogP contribution in [0.2, 0.25) is 0 Å². The van der Waals surface area contributed by atoms with Crippen molar-refractivity contribution in [2.45, 2.75) is 18.0 Å². The molecule has 2 heterocycles. The Morgan fingerprint density at radius 2 is 1.75 bits per heavy atom. The molecule has 3 heteroatoms. The first-order chi connectivity index (χ1) is 11.8. The van der Waals surface area contributed by atoms with Crippen molar-refractivity contribution in [3.05, 3.63) is 88.6 Å². The SMILES string of the molecule is BrC1=CC2C3c4ccccc4C=CC3N(c3ccccn3)C2C=C1. The van der Waals surface area contributed by atoms with E-state index >= 15 is 0 Å². The lowest BCUT2D eigenvalue weighted by Crippen LogP contribution is -2.37. The Balaban J connectivity index is 1.69. The van der Waals surface area contributed by atoms with Crippen molar-refractivity contribution >= 4 is 27.8 Å². The number of pyridine rings is 1. The zero-order chi connectivity index (χ0) is 16.1. The summed E-state index contributed by atoms with van der Waals surface area (Å²) in [7, 11) is 0. The molecular formula is C21H17BrN2. The fourth-order valence-corrected chi connectivity index (χ4v) is 4.89. The first kappa shape index (κ1) is 14.2. The number of hydrogen-bond donors (Lipinski definition) is 0. The molecule has 24 heavy (non-hydrogen) atoms. The average Bonchev–Trinajstić information content (AvgIpc) is 2.96. The maximum atomic E-state index is 4.64. The van der Waals surface area contributed by atoms with Gasteiger partial charge in [-0.2, -0.15) is 0 Å². The van der Waals surface area contributed by atoms with E-state index in [1.807, 2.05) is 12.3 Å². The molecule has 0 amide bonds. The average molecular weight is 377 g/mol. The van der Waals surface area contributed by atoms with Gasteiger partial charge in [0.2, 0.25) is 0 Å². The van der Waals surface area contributed by atoms with Gasteiger partial charge in [-0.05, 0) is 23.3 Å². The first-order valence-corrected chi connectivity index (χ1v) is 9.14. The summed E-state index contributed by atoms with van der Waals surface area (Å²) >= 11 is 3.68. The van der Waals surface area contributed by atoms with Gasteiger partial charge in [0.25, 0.3) is 0 Å². The third-order valence-electron chi connectivity index (χ3n) is 5.37. The fourth-order valence-electron chi connectivity index (χ4n) is 4.43. The minimum absolute atomic E-state index is 0.337. The number of allylic oxidation sites excluding steroid dienone is 2. The van der Waals surface area contributed by atoms with Crippen molar-refractivity contribution in [3.63, 3.8) is 0 Å². The zero-order valence-corrected chi connectivity index (χ0v) is 14.7. The van der Waals surface area contributed by atoms with Crippen LogP contribution in [0.15, 0.2) is 77.4 Å². The van der Waals surface area contributed by atoms with E-state index in [1.165, 1.54) is 15.6 Å². The second-order valence-corrected chi connectivity index (χ2v) is 7.49. The van der Waals surface area contributed by atoms with Crippen LogP contribution in [0.25, 0.3) is 6.08 Å². The minimum atomic E-state index is 0.337. The summed E-state index contributed by atoms with van der Waals surface area (Å²) in [5.74, 6) is 1.96. The maximum Gasteiger partial charge on any atom is 0.129 e. The molecule has 1 fully saturated rings. The quantitative estimate of drug-likeness (QED) is 0.702. The number of halogens is 1. The Labute approximate surface area is 150 Å². The van der Waals surface area contributed by atoms with Crippen molar-refractivity contribution in [1.82, 2.24) is 4.98 Å². The predicted molar refractivity (Wildman–Crippen MR) is 102 cm³/mol. The van der Waals surface area contributed by atoms with Gasteiger partial charge >= 0.3 is 0 Å². The number of anilines is 1. The number of hydrogen-bond acceptors (Lipinski definition) is 2. The standard InChI is InChI=1S/C21H17BrN2/c22-15-9-11-18-17(13-15)21-16-6-2-1-5-14(16)8-10-19(21)24(18)20-7-3-4-12-23-20/h1-13,17-19,21H. The van der Waals surface area contributed by atoms with Gasteiger partial charge in [0.05, 0.1) is 12.1 Å². The van der Waals surface area contributed by atoms with Crippen LogP contribution in [0.1, 0.15) is 17.0 Å². The molecule has 1 aliphatic heterocycles. The van der Waals surface area contributed by atoms with Gasteiger partial charge in [-0.3, -0.25) is 0 Å². The van der Waals surface area contributed by atoms with E-state index in [9.17, 15) is 0 Å². The monoisotopic (exact) mass is 376 g/mol. The van der Waals surface area contributed by atoms with Gasteiger partial charge < -0.3 is 4.90 Å². The fraction of sp³-hybridized carbons (Fsp3) is 0.190. The normalized spacial score (nSPS) is 29.7. The lowest BCUT2D eigenvalue weighted by molar-refractivity contribution is 0.557. The second-order valence-electron chi connectivity index (χ2n) is 6.58. The molecule has 0 N–H and O–H groups in total. The van der Waals surface area contributed by atoms with Crippen LogP contribution in [0.3, 0.4) is 0 Å². The van der Waals surface area contributed by atoms with E-state index in [1.54, 1.807) is 0 Å². The van der Waals surface area contributed by atoms with E-state index < -0.39 is 0 Å². The number of rotatable bonds is 1. The lowest BCUT2D eigenvalue weighted by atomic mass is 9.76. The third-order valence-corrected chi connectivity index (χ3v) is 5.89. The molecule has 4 atom stereocenters. The number of aromatic nitrogens is 1. The van der Waals surface area contributed by atoms with E-state index in [-0.39, 0.29) is 0 Å². The Morgan fingerprint density at radius 3 is 2.62 bits per heavy atom. The van der Waals surface area contributed by atoms with Crippen LogP contribution in [-0.4, -0.2) is 17.1 Å². The molecule has 0 radical (unpaired) electrons. The Bertz CT molecular complexity index is 868. The Kier molecular flexibility index (Phi) is 3.23. The van der Waals surface area contributed by atoms with Gasteiger partial charge in [-0.15, -0.1) is 0 Å². The summed E-state index contributed by atoms with van der Waals surface area (Å²) < 4.78 is 1.18. The van der Waals surface area contributed by atoms with Crippen LogP contribution in [-0.2, 0) is 0 Å². The third kappa shape index (κ3) is 2.04. The largest absolute Gasteiger partial charge is 0.342 e. The predicted octanol–water partition coefficient (Wildman–Crippen LogP) is 4.91. The van der Waals surface area contributed by atoms with Crippen molar-refractivity contribution in [2.24, 2.45) is 5.92 Å². The minimum Gasteiger partial charge on any atom is -0.342 e. The molecule has 1 aromatic carbocycles. The van der Waals surface area contributed by atoms with Gasteiger partial charge in [-0.25, -0.2) is 4.98 Å². The number of fused-ring (bicyclic) bond motifs is 5. The summed E-state index contributed by atoms with van der Waals surface area (Å²) in [6.07, 6.45) is 13.4. The smallest absolute Gasteiger partial charge is 0.129 e.